The van der Waals surface area contributed by atoms with Gasteiger partial charge in [-0.05, 0) is 84.3 Å². The number of ether oxygens (including phenoxy) is 1. The maximum Gasteiger partial charge on any atom is 0.407 e. The normalized spacial score (nSPS) is 23.9. The monoisotopic (exact) mass is 703 g/mol. The van der Waals surface area contributed by atoms with E-state index in [0.29, 0.717) is 18.9 Å². The van der Waals surface area contributed by atoms with E-state index in [9.17, 15) is 14.4 Å². The lowest BCUT2D eigenvalue weighted by Crippen LogP contribution is -2.53. The molecule has 4 aliphatic heterocycles. The lowest BCUT2D eigenvalue weighted by molar-refractivity contribution is -0.138. The molecule has 7 rings (SSSR count). The van der Waals surface area contributed by atoms with Crippen molar-refractivity contribution < 1.29 is 19.1 Å². The Hall–Kier alpha value is -4.53. The summed E-state index contributed by atoms with van der Waals surface area (Å²) in [5, 5.41) is 2.73. The molecule has 274 valence electrons. The summed E-state index contributed by atoms with van der Waals surface area (Å²) in [5.74, 6) is 0.571. The fourth-order valence-electron chi connectivity index (χ4n) is 8.86. The van der Waals surface area contributed by atoms with Crippen LogP contribution in [0, 0.1) is 17.8 Å². The lowest BCUT2D eigenvalue weighted by Gasteiger charge is -2.36. The molecule has 0 radical (unpaired) electrons. The molecule has 0 spiro atoms. The molecule has 4 heterocycles. The number of rotatable bonds is 9. The molecular weight excluding hydrogens is 651 g/mol. The predicted molar refractivity (Wildman–Crippen MR) is 207 cm³/mol. The lowest BCUT2D eigenvalue weighted by atomic mass is 9.74. The molecule has 0 bridgehead atoms. The smallest absolute Gasteiger partial charge is 0.407 e. The van der Waals surface area contributed by atoms with Crippen LogP contribution in [0.5, 0.6) is 0 Å². The zero-order valence-corrected chi connectivity index (χ0v) is 31.0. The first-order valence-electron chi connectivity index (χ1n) is 19.5. The summed E-state index contributed by atoms with van der Waals surface area (Å²) in [6.45, 7) is 6.35. The molecule has 2 aromatic carbocycles. The standard InChI is InChI=1S/C43H53N5O4/c1-28(2)40(46-43(51)52-3)42(50)48-23-9-12-39(48)38-25-34(27-45-38)32-19-15-30(16-20-32)29-13-17-31(18-14-29)33-24-37(44-26-33)35-10-5-6-11-36(35)41(49)47-21-7-4-8-22-47/h13-20,26-28,35-36,39-40H,4-12,21-25H2,1-3H3,(H,46,51)/t35-,36+,39-,40-/m0/s1. The minimum absolute atomic E-state index is 0.0649. The number of carbonyl (C=O) groups excluding carboxylic acids is 3. The van der Waals surface area contributed by atoms with Gasteiger partial charge in [-0.3, -0.25) is 19.6 Å². The van der Waals surface area contributed by atoms with Crippen LogP contribution in [0.4, 0.5) is 4.79 Å². The van der Waals surface area contributed by atoms with Crippen LogP contribution in [0.25, 0.3) is 22.3 Å². The van der Waals surface area contributed by atoms with Crippen LogP contribution in [-0.2, 0) is 14.3 Å². The number of nitrogens with one attached hydrogen (secondary N) is 1. The summed E-state index contributed by atoms with van der Waals surface area (Å²) in [7, 11) is 1.31. The minimum Gasteiger partial charge on any atom is -0.453 e. The highest BCUT2D eigenvalue weighted by Crippen LogP contribution is 2.38. The van der Waals surface area contributed by atoms with Gasteiger partial charge in [0.1, 0.15) is 6.04 Å². The number of benzene rings is 2. The molecule has 1 N–H and O–H groups in total. The number of methoxy groups -OCH3 is 1. The molecule has 0 aromatic heterocycles. The Morgan fingerprint density at radius 1 is 0.712 bits per heavy atom. The van der Waals surface area contributed by atoms with Crippen molar-refractivity contribution in [2.45, 2.75) is 96.6 Å². The van der Waals surface area contributed by atoms with E-state index in [4.69, 9.17) is 14.7 Å². The number of likely N-dealkylation sites (tertiary alicyclic amines) is 2. The van der Waals surface area contributed by atoms with Crippen molar-refractivity contribution >= 4 is 40.5 Å². The van der Waals surface area contributed by atoms with Gasteiger partial charge < -0.3 is 19.9 Å². The van der Waals surface area contributed by atoms with Gasteiger partial charge in [0.05, 0.1) is 13.2 Å². The number of amides is 3. The van der Waals surface area contributed by atoms with E-state index in [1.165, 1.54) is 36.8 Å². The van der Waals surface area contributed by atoms with Crippen LogP contribution < -0.4 is 5.32 Å². The molecule has 1 aliphatic carbocycles. The Bertz CT molecular complexity index is 1770. The molecule has 2 saturated heterocycles. The molecule has 3 fully saturated rings. The zero-order chi connectivity index (χ0) is 36.2. The number of piperidine rings is 1. The van der Waals surface area contributed by atoms with Crippen molar-refractivity contribution in [3.63, 3.8) is 0 Å². The maximum atomic E-state index is 13.6. The molecule has 2 aromatic rings. The second-order valence-electron chi connectivity index (χ2n) is 15.5. The fraction of sp³-hybridized carbons (Fsp3) is 0.512. The largest absolute Gasteiger partial charge is 0.453 e. The third-order valence-corrected chi connectivity index (χ3v) is 11.9. The second kappa shape index (κ2) is 16.0. The van der Waals surface area contributed by atoms with Gasteiger partial charge in [-0.25, -0.2) is 4.79 Å². The van der Waals surface area contributed by atoms with Crippen LogP contribution in [0.15, 0.2) is 70.9 Å². The highest BCUT2D eigenvalue weighted by Gasteiger charge is 2.39. The van der Waals surface area contributed by atoms with Gasteiger partial charge in [0.15, 0.2) is 0 Å². The first-order valence-corrected chi connectivity index (χ1v) is 19.5. The van der Waals surface area contributed by atoms with Gasteiger partial charge >= 0.3 is 6.09 Å². The Morgan fingerprint density at radius 2 is 1.29 bits per heavy atom. The highest BCUT2D eigenvalue weighted by molar-refractivity contribution is 6.04. The summed E-state index contributed by atoms with van der Waals surface area (Å²) in [4.78, 5) is 52.8. The van der Waals surface area contributed by atoms with Crippen molar-refractivity contribution in [1.82, 2.24) is 15.1 Å². The molecule has 5 aliphatic rings. The van der Waals surface area contributed by atoms with Crippen LogP contribution in [0.2, 0.25) is 0 Å². The summed E-state index contributed by atoms with van der Waals surface area (Å²) < 4.78 is 4.77. The Morgan fingerprint density at radius 3 is 1.90 bits per heavy atom. The molecule has 1 saturated carbocycles. The number of alkyl carbamates (subject to hydrolysis) is 1. The van der Waals surface area contributed by atoms with Crippen molar-refractivity contribution in [3.05, 3.63) is 72.1 Å². The average Bonchev–Trinajstić information content (AvgIpc) is 3.99. The molecule has 52 heavy (non-hydrogen) atoms. The molecule has 9 heteroatoms. The van der Waals surface area contributed by atoms with E-state index in [0.717, 1.165) is 92.4 Å². The minimum atomic E-state index is -0.639. The Labute approximate surface area is 308 Å². The van der Waals surface area contributed by atoms with Gasteiger partial charge in [0, 0.05) is 68.1 Å². The number of allylic oxidation sites excluding steroid dienone is 2. The SMILES string of the molecule is COC(=O)N[C@H](C(=O)N1CCC[C@H]1C1=NC=C(c2ccc(-c3ccc(C4=CN=C([C@H]5CCCC[C@H]5C(=O)N5CCCCC5)C4)cc3)cc2)C1)C(C)C. The Kier molecular flexibility index (Phi) is 11.0. The quantitative estimate of drug-likeness (QED) is 0.287. The summed E-state index contributed by atoms with van der Waals surface area (Å²) in [6, 6.07) is 16.7. The van der Waals surface area contributed by atoms with Gasteiger partial charge in [0.2, 0.25) is 11.8 Å². The van der Waals surface area contributed by atoms with E-state index >= 15 is 0 Å². The first kappa shape index (κ1) is 35.9. The first-order chi connectivity index (χ1) is 25.3. The zero-order valence-electron chi connectivity index (χ0n) is 31.0. The number of aliphatic imine (C=N–C) groups is 2. The topological polar surface area (TPSA) is 104 Å². The van der Waals surface area contributed by atoms with Crippen molar-refractivity contribution in [2.24, 2.45) is 27.7 Å². The molecule has 0 unspecified atom stereocenters. The van der Waals surface area contributed by atoms with Crippen LogP contribution in [0.1, 0.15) is 95.6 Å². The van der Waals surface area contributed by atoms with E-state index < -0.39 is 12.1 Å². The van der Waals surface area contributed by atoms with Crippen molar-refractivity contribution in [3.8, 4) is 11.1 Å². The average molecular weight is 704 g/mol. The predicted octanol–water partition coefficient (Wildman–Crippen LogP) is 7.92. The summed E-state index contributed by atoms with van der Waals surface area (Å²) in [5.41, 5.74) is 9.20. The van der Waals surface area contributed by atoms with Gasteiger partial charge in [-0.2, -0.15) is 0 Å². The fourth-order valence-corrected chi connectivity index (χ4v) is 8.86. The van der Waals surface area contributed by atoms with Crippen molar-refractivity contribution in [1.29, 1.82) is 0 Å². The highest BCUT2D eigenvalue weighted by atomic mass is 16.5. The third-order valence-electron chi connectivity index (χ3n) is 11.9. The van der Waals surface area contributed by atoms with E-state index in [1.807, 2.05) is 31.1 Å². The van der Waals surface area contributed by atoms with E-state index in [1.54, 1.807) is 0 Å². The van der Waals surface area contributed by atoms with Crippen molar-refractivity contribution in [2.75, 3.05) is 26.7 Å². The molecule has 9 nitrogen and oxygen atoms in total. The van der Waals surface area contributed by atoms with Crippen LogP contribution >= 0.6 is 0 Å². The molecule has 4 atom stereocenters. The number of nitrogens with zero attached hydrogens (tertiary/aromatic N) is 4. The van der Waals surface area contributed by atoms with Crippen LogP contribution in [0.3, 0.4) is 0 Å². The third kappa shape index (κ3) is 7.64. The van der Waals surface area contributed by atoms with Crippen LogP contribution in [-0.4, -0.2) is 78.0 Å². The number of hydrogen-bond acceptors (Lipinski definition) is 6. The molecular formula is C43H53N5O4. The molecule has 3 amide bonds. The van der Waals surface area contributed by atoms with E-state index in [-0.39, 0.29) is 29.7 Å². The second-order valence-corrected chi connectivity index (χ2v) is 15.5. The number of hydrogen-bond donors (Lipinski definition) is 1. The Balaban J connectivity index is 0.942. The van der Waals surface area contributed by atoms with Gasteiger partial charge in [-0.15, -0.1) is 0 Å². The number of carbonyl (C=O) groups is 3. The van der Waals surface area contributed by atoms with Gasteiger partial charge in [-0.1, -0.05) is 75.2 Å². The van der Waals surface area contributed by atoms with Gasteiger partial charge in [0.25, 0.3) is 0 Å². The summed E-state index contributed by atoms with van der Waals surface area (Å²) >= 11 is 0. The maximum absolute atomic E-state index is 13.6. The van der Waals surface area contributed by atoms with E-state index in [2.05, 4.69) is 58.7 Å². The summed E-state index contributed by atoms with van der Waals surface area (Å²) in [6.07, 6.45) is 14.6.